The number of aromatic nitrogens is 3. The quantitative estimate of drug-likeness (QED) is 0.725. The van der Waals surface area contributed by atoms with Crippen molar-refractivity contribution in [3.63, 3.8) is 0 Å². The average molecular weight is 352 g/mol. The van der Waals surface area contributed by atoms with Crippen LogP contribution in [-0.2, 0) is 13.1 Å². The molecule has 1 aliphatic heterocycles. The fourth-order valence-corrected chi connectivity index (χ4v) is 3.41. The van der Waals surface area contributed by atoms with E-state index in [-0.39, 0.29) is 11.9 Å². The molecule has 1 aliphatic rings. The van der Waals surface area contributed by atoms with Gasteiger partial charge in [0.15, 0.2) is 12.1 Å². The van der Waals surface area contributed by atoms with Gasteiger partial charge in [-0.05, 0) is 31.5 Å². The van der Waals surface area contributed by atoms with Crippen molar-refractivity contribution < 1.29 is 13.9 Å². The number of hydrogen-bond acceptors (Lipinski definition) is 5. The number of imidazole rings is 1. The molecular weight excluding hydrogens is 332 g/mol. The molecule has 7 heteroatoms. The van der Waals surface area contributed by atoms with Crippen LogP contribution in [0.3, 0.4) is 0 Å². The van der Waals surface area contributed by atoms with Crippen molar-refractivity contribution in [3.8, 4) is 5.75 Å². The Hall–Kier alpha value is -3.09. The third-order valence-corrected chi connectivity index (χ3v) is 4.87. The van der Waals surface area contributed by atoms with Gasteiger partial charge in [-0.15, -0.1) is 0 Å². The monoisotopic (exact) mass is 352 g/mol. The maximum absolute atomic E-state index is 13.2. The Labute approximate surface area is 151 Å². The van der Waals surface area contributed by atoms with Crippen molar-refractivity contribution in [2.24, 2.45) is 0 Å². The second-order valence-electron chi connectivity index (χ2n) is 6.41. The van der Waals surface area contributed by atoms with E-state index in [1.165, 1.54) is 6.39 Å². The number of benzene rings is 1. The lowest BCUT2D eigenvalue weighted by Gasteiger charge is -2.36. The highest BCUT2D eigenvalue weighted by Crippen LogP contribution is 2.33. The molecule has 1 unspecified atom stereocenters. The molecule has 0 saturated carbocycles. The molecule has 0 radical (unpaired) electrons. The van der Waals surface area contributed by atoms with E-state index >= 15 is 0 Å². The fraction of sp³-hybridized carbons (Fsp3) is 0.316. The first-order chi connectivity index (χ1) is 12.6. The third kappa shape index (κ3) is 2.65. The van der Waals surface area contributed by atoms with Crippen molar-refractivity contribution in [1.29, 1.82) is 0 Å². The van der Waals surface area contributed by atoms with Crippen molar-refractivity contribution in [2.75, 3.05) is 7.11 Å². The van der Waals surface area contributed by atoms with Crippen LogP contribution in [0.25, 0.3) is 0 Å². The summed E-state index contributed by atoms with van der Waals surface area (Å²) in [6, 6.07) is 7.68. The molecule has 26 heavy (non-hydrogen) atoms. The zero-order chi connectivity index (χ0) is 18.3. The third-order valence-electron chi connectivity index (χ3n) is 4.87. The summed E-state index contributed by atoms with van der Waals surface area (Å²) in [5.41, 5.74) is 2.44. The molecule has 1 atom stereocenters. The van der Waals surface area contributed by atoms with Crippen molar-refractivity contribution >= 4 is 5.91 Å². The highest BCUT2D eigenvalue weighted by molar-refractivity contribution is 5.93. The zero-order valence-corrected chi connectivity index (χ0v) is 15.0. The van der Waals surface area contributed by atoms with E-state index < -0.39 is 0 Å². The standard InChI is InChI=1S/C19H20N4O3/c1-12-8-20-17-10-23(19(24)18-13(2)26-11-21-18)16(9-22(12)17)14-5-4-6-15(7-14)25-3/h4-8,11,16H,9-10H2,1-3H3. The summed E-state index contributed by atoms with van der Waals surface area (Å²) in [6.07, 6.45) is 3.14. The number of aryl methyl sites for hydroxylation is 2. The molecule has 0 aliphatic carbocycles. The molecule has 7 nitrogen and oxygen atoms in total. The number of rotatable bonds is 3. The molecule has 0 spiro atoms. The Morgan fingerprint density at radius 2 is 2.15 bits per heavy atom. The van der Waals surface area contributed by atoms with Crippen LogP contribution in [0.2, 0.25) is 0 Å². The van der Waals surface area contributed by atoms with Gasteiger partial charge in [-0.1, -0.05) is 12.1 Å². The van der Waals surface area contributed by atoms with Gasteiger partial charge in [0.2, 0.25) is 0 Å². The van der Waals surface area contributed by atoms with Gasteiger partial charge in [0.05, 0.1) is 19.7 Å². The molecule has 0 bridgehead atoms. The van der Waals surface area contributed by atoms with E-state index in [9.17, 15) is 4.79 Å². The first-order valence-electron chi connectivity index (χ1n) is 8.44. The minimum atomic E-state index is -0.157. The highest BCUT2D eigenvalue weighted by atomic mass is 16.5. The number of nitrogens with zero attached hydrogens (tertiary/aromatic N) is 4. The molecule has 0 fully saturated rings. The van der Waals surface area contributed by atoms with Crippen LogP contribution in [-0.4, -0.2) is 32.5 Å². The van der Waals surface area contributed by atoms with E-state index in [1.807, 2.05) is 37.4 Å². The van der Waals surface area contributed by atoms with Gasteiger partial charge in [-0.3, -0.25) is 4.79 Å². The number of carbonyl (C=O) groups is 1. The molecule has 1 amide bonds. The zero-order valence-electron chi connectivity index (χ0n) is 15.0. The molecule has 0 saturated heterocycles. The summed E-state index contributed by atoms with van der Waals surface area (Å²) in [6.45, 7) is 4.83. The van der Waals surface area contributed by atoms with E-state index in [0.29, 0.717) is 24.5 Å². The van der Waals surface area contributed by atoms with Gasteiger partial charge in [-0.2, -0.15) is 0 Å². The molecule has 134 valence electrons. The second kappa shape index (κ2) is 6.33. The summed E-state index contributed by atoms with van der Waals surface area (Å²) in [5, 5.41) is 0. The molecule has 1 aromatic carbocycles. The van der Waals surface area contributed by atoms with Crippen LogP contribution in [0.4, 0.5) is 0 Å². The molecular formula is C19H20N4O3. The van der Waals surface area contributed by atoms with Crippen LogP contribution < -0.4 is 4.74 Å². The predicted molar refractivity (Wildman–Crippen MR) is 93.8 cm³/mol. The van der Waals surface area contributed by atoms with E-state index in [0.717, 1.165) is 22.8 Å². The second-order valence-corrected chi connectivity index (χ2v) is 6.41. The SMILES string of the molecule is COc1cccc(C2Cn3c(C)cnc3CN2C(=O)c2ncoc2C)c1. The Balaban J connectivity index is 1.78. The molecule has 4 rings (SSSR count). The molecule has 3 heterocycles. The molecule has 0 N–H and O–H groups in total. The van der Waals surface area contributed by atoms with Crippen LogP contribution in [0.5, 0.6) is 5.75 Å². The minimum Gasteiger partial charge on any atom is -0.497 e. The summed E-state index contributed by atoms with van der Waals surface area (Å²) in [5.74, 6) is 2.00. The van der Waals surface area contributed by atoms with E-state index in [1.54, 1.807) is 18.9 Å². The van der Waals surface area contributed by atoms with Crippen LogP contribution >= 0.6 is 0 Å². The lowest BCUT2D eigenvalue weighted by atomic mass is 10.0. The number of amides is 1. The summed E-state index contributed by atoms with van der Waals surface area (Å²) in [7, 11) is 1.64. The fourth-order valence-electron chi connectivity index (χ4n) is 3.41. The highest BCUT2D eigenvalue weighted by Gasteiger charge is 2.34. The lowest BCUT2D eigenvalue weighted by Crippen LogP contribution is -2.41. The van der Waals surface area contributed by atoms with Crippen molar-refractivity contribution in [2.45, 2.75) is 33.0 Å². The number of oxazole rings is 1. The smallest absolute Gasteiger partial charge is 0.277 e. The van der Waals surface area contributed by atoms with Crippen LogP contribution in [0.1, 0.15) is 39.4 Å². The molecule has 3 aromatic rings. The first-order valence-corrected chi connectivity index (χ1v) is 8.44. The number of methoxy groups -OCH3 is 1. The predicted octanol–water partition coefficient (Wildman–Crippen LogP) is 2.89. The number of fused-ring (bicyclic) bond motifs is 1. The van der Waals surface area contributed by atoms with Crippen LogP contribution in [0, 0.1) is 13.8 Å². The van der Waals surface area contributed by atoms with E-state index in [4.69, 9.17) is 9.15 Å². The number of ether oxygens (including phenoxy) is 1. The summed E-state index contributed by atoms with van der Waals surface area (Å²) in [4.78, 5) is 23.5. The van der Waals surface area contributed by atoms with Gasteiger partial charge in [0.1, 0.15) is 17.3 Å². The average Bonchev–Trinajstić information content (AvgIpc) is 3.26. The summed E-state index contributed by atoms with van der Waals surface area (Å²) < 4.78 is 12.7. The van der Waals surface area contributed by atoms with Crippen molar-refractivity contribution in [3.05, 3.63) is 65.4 Å². The largest absolute Gasteiger partial charge is 0.497 e. The first kappa shape index (κ1) is 16.4. The van der Waals surface area contributed by atoms with E-state index in [2.05, 4.69) is 14.5 Å². The Morgan fingerprint density at radius 1 is 1.31 bits per heavy atom. The Kier molecular flexibility index (Phi) is 3.99. The van der Waals surface area contributed by atoms with Gasteiger partial charge in [0, 0.05) is 18.4 Å². The minimum absolute atomic E-state index is 0.144. The van der Waals surface area contributed by atoms with Gasteiger partial charge in [0.25, 0.3) is 5.91 Å². The normalized spacial score (nSPS) is 16.4. The number of hydrogen-bond donors (Lipinski definition) is 0. The lowest BCUT2D eigenvalue weighted by molar-refractivity contribution is 0.0575. The van der Waals surface area contributed by atoms with Gasteiger partial charge in [-0.25, -0.2) is 9.97 Å². The summed E-state index contributed by atoms with van der Waals surface area (Å²) >= 11 is 0. The molecule has 2 aromatic heterocycles. The Bertz CT molecular complexity index is 959. The topological polar surface area (TPSA) is 73.4 Å². The van der Waals surface area contributed by atoms with Gasteiger partial charge >= 0.3 is 0 Å². The number of carbonyl (C=O) groups excluding carboxylic acids is 1. The van der Waals surface area contributed by atoms with Gasteiger partial charge < -0.3 is 18.6 Å². The maximum Gasteiger partial charge on any atom is 0.277 e. The van der Waals surface area contributed by atoms with Crippen molar-refractivity contribution in [1.82, 2.24) is 19.4 Å². The Morgan fingerprint density at radius 3 is 2.88 bits per heavy atom. The van der Waals surface area contributed by atoms with Crippen LogP contribution in [0.15, 0.2) is 41.3 Å². The maximum atomic E-state index is 13.2.